The van der Waals surface area contributed by atoms with Crippen LogP contribution < -0.4 is 5.73 Å². The number of hydrogen-bond donors (Lipinski definition) is 1. The highest BCUT2D eigenvalue weighted by Gasteiger charge is 2.28. The Hall–Kier alpha value is -0.900. The first-order valence-electron chi connectivity index (χ1n) is 8.04. The van der Waals surface area contributed by atoms with Crippen molar-refractivity contribution in [3.05, 3.63) is 11.4 Å². The van der Waals surface area contributed by atoms with E-state index in [0.29, 0.717) is 18.5 Å². The highest BCUT2D eigenvalue weighted by atomic mass is 15.4. The van der Waals surface area contributed by atoms with E-state index in [4.69, 9.17) is 5.73 Å². The number of hydrogen-bond acceptors (Lipinski definition) is 3. The predicted molar refractivity (Wildman–Crippen MR) is 76.1 cm³/mol. The summed E-state index contributed by atoms with van der Waals surface area (Å²) in [5.41, 5.74) is 8.36. The van der Waals surface area contributed by atoms with Gasteiger partial charge in [0.25, 0.3) is 0 Å². The molecule has 1 heterocycles. The summed E-state index contributed by atoms with van der Waals surface area (Å²) in [6, 6.07) is 0.600. The van der Waals surface area contributed by atoms with Gasteiger partial charge in [0.1, 0.15) is 0 Å². The predicted octanol–water partition coefficient (Wildman–Crippen LogP) is 2.94. The van der Waals surface area contributed by atoms with Gasteiger partial charge in [0, 0.05) is 12.3 Å². The van der Waals surface area contributed by atoms with E-state index in [0.717, 1.165) is 6.42 Å². The van der Waals surface area contributed by atoms with Gasteiger partial charge in [-0.1, -0.05) is 37.3 Å². The fourth-order valence-electron chi connectivity index (χ4n) is 3.87. The highest BCUT2D eigenvalue weighted by molar-refractivity contribution is 5.18. The van der Waals surface area contributed by atoms with E-state index in [9.17, 15) is 0 Å². The third-order valence-electron chi connectivity index (χ3n) is 4.85. The van der Waals surface area contributed by atoms with Gasteiger partial charge in [0.15, 0.2) is 0 Å². The molecule has 0 atom stereocenters. The Morgan fingerprint density at radius 3 is 2.37 bits per heavy atom. The Kier molecular flexibility index (Phi) is 4.16. The van der Waals surface area contributed by atoms with Gasteiger partial charge in [-0.05, 0) is 32.2 Å². The zero-order valence-corrected chi connectivity index (χ0v) is 11.9. The molecule has 19 heavy (non-hydrogen) atoms. The Morgan fingerprint density at radius 1 is 1.00 bits per heavy atom. The molecule has 4 heteroatoms. The van der Waals surface area contributed by atoms with Crippen LogP contribution in [0.2, 0.25) is 0 Å². The van der Waals surface area contributed by atoms with E-state index in [1.807, 2.05) is 0 Å². The maximum atomic E-state index is 5.74. The molecule has 4 nitrogen and oxygen atoms in total. The minimum atomic E-state index is 0.600. The summed E-state index contributed by atoms with van der Waals surface area (Å²) in [5, 5.41) is 8.97. The lowest BCUT2D eigenvalue weighted by atomic mass is 9.93. The fourth-order valence-corrected chi connectivity index (χ4v) is 3.87. The summed E-state index contributed by atoms with van der Waals surface area (Å²) in [4.78, 5) is 0. The molecule has 0 radical (unpaired) electrons. The second kappa shape index (κ2) is 6.04. The van der Waals surface area contributed by atoms with E-state index in [2.05, 4.69) is 15.0 Å². The van der Waals surface area contributed by atoms with Gasteiger partial charge < -0.3 is 5.73 Å². The first-order chi connectivity index (χ1) is 9.40. The molecule has 0 bridgehead atoms. The largest absolute Gasteiger partial charge is 0.330 e. The van der Waals surface area contributed by atoms with Gasteiger partial charge in [-0.2, -0.15) is 0 Å². The molecule has 2 N–H and O–H groups in total. The molecule has 0 saturated heterocycles. The van der Waals surface area contributed by atoms with E-state index in [1.54, 1.807) is 0 Å². The molecule has 2 fully saturated rings. The first-order valence-corrected chi connectivity index (χ1v) is 8.04. The summed E-state index contributed by atoms with van der Waals surface area (Å²) in [7, 11) is 0. The molecule has 0 unspecified atom stereocenters. The molecule has 0 aromatic carbocycles. The van der Waals surface area contributed by atoms with Crippen molar-refractivity contribution in [2.24, 2.45) is 5.73 Å². The number of aromatic nitrogens is 3. The molecule has 2 saturated carbocycles. The molecule has 0 spiro atoms. The number of nitrogens with zero attached hydrogens (tertiary/aromatic N) is 3. The molecule has 0 aliphatic heterocycles. The van der Waals surface area contributed by atoms with Gasteiger partial charge in [0.05, 0.1) is 17.4 Å². The van der Waals surface area contributed by atoms with Crippen molar-refractivity contribution in [3.8, 4) is 0 Å². The number of rotatable bonds is 4. The van der Waals surface area contributed by atoms with Gasteiger partial charge in [-0.3, -0.25) is 0 Å². The lowest BCUT2D eigenvalue weighted by molar-refractivity contribution is 0.312. The van der Waals surface area contributed by atoms with E-state index < -0.39 is 0 Å². The average Bonchev–Trinajstić information content (AvgIpc) is 3.08. The van der Waals surface area contributed by atoms with E-state index >= 15 is 0 Å². The van der Waals surface area contributed by atoms with Gasteiger partial charge >= 0.3 is 0 Å². The third-order valence-corrected chi connectivity index (χ3v) is 4.85. The molecule has 106 valence electrons. The maximum absolute atomic E-state index is 5.74. The quantitative estimate of drug-likeness (QED) is 0.907. The minimum absolute atomic E-state index is 0.600. The molecular weight excluding hydrogens is 236 g/mol. The fraction of sp³-hybridized carbons (Fsp3) is 0.867. The van der Waals surface area contributed by atoms with Crippen LogP contribution in [-0.4, -0.2) is 21.5 Å². The van der Waals surface area contributed by atoms with Crippen molar-refractivity contribution in [2.75, 3.05) is 6.54 Å². The molecular formula is C15H26N4. The van der Waals surface area contributed by atoms with Crippen molar-refractivity contribution in [1.82, 2.24) is 15.0 Å². The molecule has 0 amide bonds. The summed E-state index contributed by atoms with van der Waals surface area (Å²) in [6.45, 7) is 0.684. The Balaban J connectivity index is 1.88. The number of nitrogens with two attached hydrogens (primary N) is 1. The van der Waals surface area contributed by atoms with Gasteiger partial charge in [-0.25, -0.2) is 4.68 Å². The van der Waals surface area contributed by atoms with Crippen molar-refractivity contribution in [1.29, 1.82) is 0 Å². The molecule has 1 aromatic heterocycles. The standard InChI is InChI=1S/C15H26N4/c16-11-10-14-15(12-6-4-5-7-12)19(18-17-14)13-8-2-1-3-9-13/h12-13H,1-11,16H2. The van der Waals surface area contributed by atoms with Gasteiger partial charge in [0.2, 0.25) is 0 Å². The van der Waals surface area contributed by atoms with E-state index in [1.165, 1.54) is 69.2 Å². The zero-order chi connectivity index (χ0) is 13.1. The van der Waals surface area contributed by atoms with Crippen LogP contribution in [0.25, 0.3) is 0 Å². The average molecular weight is 262 g/mol. The normalized spacial score (nSPS) is 22.2. The first kappa shape index (κ1) is 13.1. The summed E-state index contributed by atoms with van der Waals surface area (Å²) in [6.07, 6.45) is 12.9. The van der Waals surface area contributed by atoms with Crippen molar-refractivity contribution < 1.29 is 0 Å². The Labute approximate surface area is 115 Å². The van der Waals surface area contributed by atoms with E-state index in [-0.39, 0.29) is 0 Å². The molecule has 1 aromatic rings. The smallest absolute Gasteiger partial charge is 0.0874 e. The minimum Gasteiger partial charge on any atom is -0.330 e. The van der Waals surface area contributed by atoms with Crippen LogP contribution in [-0.2, 0) is 6.42 Å². The highest BCUT2D eigenvalue weighted by Crippen LogP contribution is 2.38. The lowest BCUT2D eigenvalue weighted by Gasteiger charge is -2.25. The SMILES string of the molecule is NCCc1nnn(C2CCCCC2)c1C1CCCC1. The third kappa shape index (κ3) is 2.69. The zero-order valence-electron chi connectivity index (χ0n) is 11.9. The van der Waals surface area contributed by atoms with Crippen LogP contribution >= 0.6 is 0 Å². The van der Waals surface area contributed by atoms with Crippen LogP contribution in [0.4, 0.5) is 0 Å². The van der Waals surface area contributed by atoms with Crippen LogP contribution in [0.15, 0.2) is 0 Å². The van der Waals surface area contributed by atoms with Crippen LogP contribution in [0.3, 0.4) is 0 Å². The summed E-state index contributed by atoms with van der Waals surface area (Å²) in [5.74, 6) is 0.693. The maximum Gasteiger partial charge on any atom is 0.0874 e. The van der Waals surface area contributed by atoms with Gasteiger partial charge in [-0.15, -0.1) is 5.10 Å². The second-order valence-electron chi connectivity index (χ2n) is 6.18. The summed E-state index contributed by atoms with van der Waals surface area (Å²) < 4.78 is 2.29. The van der Waals surface area contributed by atoms with Crippen LogP contribution in [0.1, 0.15) is 81.1 Å². The topological polar surface area (TPSA) is 56.7 Å². The monoisotopic (exact) mass is 262 g/mol. The second-order valence-corrected chi connectivity index (χ2v) is 6.18. The Morgan fingerprint density at radius 2 is 1.68 bits per heavy atom. The summed E-state index contributed by atoms with van der Waals surface area (Å²) >= 11 is 0. The molecule has 2 aliphatic rings. The van der Waals surface area contributed by atoms with Crippen LogP contribution in [0.5, 0.6) is 0 Å². The van der Waals surface area contributed by atoms with Crippen molar-refractivity contribution in [2.45, 2.75) is 76.2 Å². The van der Waals surface area contributed by atoms with Crippen molar-refractivity contribution in [3.63, 3.8) is 0 Å². The molecule has 3 rings (SSSR count). The van der Waals surface area contributed by atoms with Crippen LogP contribution in [0, 0.1) is 0 Å². The Bertz CT molecular complexity index is 400. The lowest BCUT2D eigenvalue weighted by Crippen LogP contribution is -2.19. The molecule has 2 aliphatic carbocycles. The van der Waals surface area contributed by atoms with Crippen molar-refractivity contribution >= 4 is 0 Å².